The molecule has 1 heterocycles. The lowest BCUT2D eigenvalue weighted by Crippen LogP contribution is -2.68. The lowest BCUT2D eigenvalue weighted by molar-refractivity contribution is -0.319. The molecule has 0 aromatic heterocycles. The second kappa shape index (κ2) is 15.3. The molecular formula is C37H41ClO7. The van der Waals surface area contributed by atoms with Gasteiger partial charge in [-0.25, -0.2) is 0 Å². The molecule has 1 saturated heterocycles. The van der Waals surface area contributed by atoms with Crippen LogP contribution in [-0.4, -0.2) is 58.6 Å². The molecule has 4 aromatic rings. The highest BCUT2D eigenvalue weighted by molar-refractivity contribution is 6.31. The van der Waals surface area contributed by atoms with Gasteiger partial charge in [-0.2, -0.15) is 0 Å². The molecule has 4 aromatic carbocycles. The summed E-state index contributed by atoms with van der Waals surface area (Å²) in [5, 5.41) is 33.9. The predicted molar refractivity (Wildman–Crippen MR) is 173 cm³/mol. The van der Waals surface area contributed by atoms with Crippen molar-refractivity contribution in [1.82, 2.24) is 0 Å². The Morgan fingerprint density at radius 2 is 1.42 bits per heavy atom. The third kappa shape index (κ3) is 7.76. The highest BCUT2D eigenvalue weighted by atomic mass is 35.5. The Labute approximate surface area is 269 Å². The Bertz CT molecular complexity index is 1480. The normalized spacial score (nSPS) is 23.9. The van der Waals surface area contributed by atoms with Crippen LogP contribution in [0.15, 0.2) is 103 Å². The SMILES string of the molecule is CCOc1ccc(Cc2cc([C@@H]3O[C@](CO)([C@@H](C)O)C(O)[C@H](OCc4ccccc4)[C@H]3OCc3ccccc3)ccc2Cl)cc1. The molecule has 0 aliphatic carbocycles. The van der Waals surface area contributed by atoms with Crippen LogP contribution < -0.4 is 4.74 Å². The molecular weight excluding hydrogens is 592 g/mol. The molecule has 238 valence electrons. The molecule has 8 heteroatoms. The van der Waals surface area contributed by atoms with Gasteiger partial charge in [0, 0.05) is 5.02 Å². The highest BCUT2D eigenvalue weighted by Gasteiger charge is 2.58. The zero-order valence-electron chi connectivity index (χ0n) is 25.6. The van der Waals surface area contributed by atoms with Gasteiger partial charge in [-0.1, -0.05) is 96.5 Å². The minimum absolute atomic E-state index is 0.186. The van der Waals surface area contributed by atoms with E-state index in [1.807, 2.05) is 110 Å². The molecule has 1 fully saturated rings. The first kappa shape index (κ1) is 33.1. The van der Waals surface area contributed by atoms with Crippen LogP contribution in [0.1, 0.15) is 47.8 Å². The first-order valence-corrected chi connectivity index (χ1v) is 15.7. The number of hydrogen-bond donors (Lipinski definition) is 3. The quantitative estimate of drug-likeness (QED) is 0.165. The standard InChI is InChI=1S/C37H41ClO7/c1-3-42-31-17-14-26(15-18-31)20-30-21-29(16-19-32(30)38)33-34(43-22-27-10-6-4-7-11-27)35(44-23-28-12-8-5-9-13-28)36(41)37(24-39,45-33)25(2)40/h4-19,21,25,33-36,39-41H,3,20,22-24H2,1-2H3/t25-,33+,34+,35-,36?,37-/m1/s1. The average Bonchev–Trinajstić information content (AvgIpc) is 3.06. The molecule has 0 bridgehead atoms. The van der Waals surface area contributed by atoms with E-state index in [1.165, 1.54) is 6.92 Å². The van der Waals surface area contributed by atoms with Gasteiger partial charge in [-0.3, -0.25) is 0 Å². The molecule has 0 saturated carbocycles. The van der Waals surface area contributed by atoms with Crippen LogP contribution in [0.3, 0.4) is 0 Å². The summed E-state index contributed by atoms with van der Waals surface area (Å²) in [4.78, 5) is 0. The van der Waals surface area contributed by atoms with E-state index in [4.69, 9.17) is 30.5 Å². The highest BCUT2D eigenvalue weighted by Crippen LogP contribution is 2.43. The number of aliphatic hydroxyl groups is 3. The van der Waals surface area contributed by atoms with E-state index in [9.17, 15) is 15.3 Å². The van der Waals surface area contributed by atoms with E-state index in [0.29, 0.717) is 18.1 Å². The van der Waals surface area contributed by atoms with Crippen molar-refractivity contribution in [1.29, 1.82) is 0 Å². The fourth-order valence-electron chi connectivity index (χ4n) is 5.77. The lowest BCUT2D eigenvalue weighted by atomic mass is 9.80. The van der Waals surface area contributed by atoms with Crippen molar-refractivity contribution in [3.8, 4) is 5.75 Å². The predicted octanol–water partition coefficient (Wildman–Crippen LogP) is 6.04. The Morgan fingerprint density at radius 1 is 0.822 bits per heavy atom. The van der Waals surface area contributed by atoms with Gasteiger partial charge in [0.25, 0.3) is 0 Å². The smallest absolute Gasteiger partial charge is 0.146 e. The molecule has 0 radical (unpaired) electrons. The summed E-state index contributed by atoms with van der Waals surface area (Å²) in [6, 6.07) is 32.8. The number of hydrogen-bond acceptors (Lipinski definition) is 7. The van der Waals surface area contributed by atoms with Crippen molar-refractivity contribution in [3.63, 3.8) is 0 Å². The van der Waals surface area contributed by atoms with Gasteiger partial charge >= 0.3 is 0 Å². The average molecular weight is 633 g/mol. The number of benzene rings is 4. The van der Waals surface area contributed by atoms with E-state index >= 15 is 0 Å². The monoisotopic (exact) mass is 632 g/mol. The van der Waals surface area contributed by atoms with Crippen LogP contribution in [0.25, 0.3) is 0 Å². The van der Waals surface area contributed by atoms with E-state index in [2.05, 4.69) is 0 Å². The first-order chi connectivity index (χ1) is 21.8. The van der Waals surface area contributed by atoms with E-state index in [1.54, 1.807) is 0 Å². The first-order valence-electron chi connectivity index (χ1n) is 15.3. The fourth-order valence-corrected chi connectivity index (χ4v) is 5.95. The van der Waals surface area contributed by atoms with Crippen molar-refractivity contribution < 1.29 is 34.3 Å². The van der Waals surface area contributed by atoms with Gasteiger partial charge in [0.15, 0.2) is 0 Å². The van der Waals surface area contributed by atoms with Crippen molar-refractivity contribution in [2.24, 2.45) is 0 Å². The zero-order valence-corrected chi connectivity index (χ0v) is 26.3. The number of ether oxygens (including phenoxy) is 4. The summed E-state index contributed by atoms with van der Waals surface area (Å²) in [6.45, 7) is 3.82. The Hall–Kier alpha value is -3.27. The maximum absolute atomic E-state index is 11.7. The van der Waals surface area contributed by atoms with Crippen LogP contribution in [-0.2, 0) is 33.8 Å². The molecule has 0 amide bonds. The van der Waals surface area contributed by atoms with Gasteiger partial charge in [-0.15, -0.1) is 0 Å². The summed E-state index contributed by atoms with van der Waals surface area (Å²) >= 11 is 6.71. The molecule has 6 atom stereocenters. The van der Waals surface area contributed by atoms with E-state index < -0.39 is 42.7 Å². The molecule has 3 N–H and O–H groups in total. The number of halogens is 1. The third-order valence-electron chi connectivity index (χ3n) is 8.33. The maximum Gasteiger partial charge on any atom is 0.146 e. The third-order valence-corrected chi connectivity index (χ3v) is 8.70. The summed E-state index contributed by atoms with van der Waals surface area (Å²) in [5.41, 5.74) is 2.75. The van der Waals surface area contributed by atoms with Crippen molar-refractivity contribution in [2.45, 2.75) is 69.6 Å². The van der Waals surface area contributed by atoms with Crippen LogP contribution in [0.5, 0.6) is 5.75 Å². The zero-order chi connectivity index (χ0) is 31.8. The largest absolute Gasteiger partial charge is 0.494 e. The molecule has 1 unspecified atom stereocenters. The van der Waals surface area contributed by atoms with Gasteiger partial charge in [0.05, 0.1) is 32.5 Å². The molecule has 1 aliphatic rings. The second-order valence-electron chi connectivity index (χ2n) is 11.4. The lowest BCUT2D eigenvalue weighted by Gasteiger charge is -2.52. The minimum Gasteiger partial charge on any atom is -0.494 e. The Morgan fingerprint density at radius 3 is 1.98 bits per heavy atom. The van der Waals surface area contributed by atoms with Crippen LogP contribution >= 0.6 is 11.6 Å². The van der Waals surface area contributed by atoms with Crippen LogP contribution in [0.4, 0.5) is 0 Å². The maximum atomic E-state index is 11.7. The van der Waals surface area contributed by atoms with Crippen molar-refractivity contribution in [3.05, 3.63) is 136 Å². The Balaban J connectivity index is 1.52. The fraction of sp³-hybridized carbons (Fsp3) is 0.351. The summed E-state index contributed by atoms with van der Waals surface area (Å²) in [5.74, 6) is 0.800. The molecule has 1 aliphatic heterocycles. The molecule has 7 nitrogen and oxygen atoms in total. The molecule has 45 heavy (non-hydrogen) atoms. The van der Waals surface area contributed by atoms with Gasteiger partial charge in [0.2, 0.25) is 0 Å². The Kier molecular flexibility index (Phi) is 11.3. The molecule has 5 rings (SSSR count). The summed E-state index contributed by atoms with van der Waals surface area (Å²) < 4.78 is 25.1. The van der Waals surface area contributed by atoms with E-state index in [0.717, 1.165) is 33.6 Å². The molecule has 0 spiro atoms. The van der Waals surface area contributed by atoms with Crippen molar-refractivity contribution >= 4 is 11.6 Å². The number of aliphatic hydroxyl groups excluding tert-OH is 3. The van der Waals surface area contributed by atoms with Gasteiger partial charge in [-0.05, 0) is 66.3 Å². The second-order valence-corrected chi connectivity index (χ2v) is 11.8. The number of rotatable bonds is 13. The van der Waals surface area contributed by atoms with Gasteiger partial charge in [0.1, 0.15) is 35.8 Å². The summed E-state index contributed by atoms with van der Waals surface area (Å²) in [7, 11) is 0. The topological polar surface area (TPSA) is 97.6 Å². The van der Waals surface area contributed by atoms with Crippen LogP contribution in [0, 0.1) is 0 Å². The van der Waals surface area contributed by atoms with E-state index in [-0.39, 0.29) is 13.2 Å². The summed E-state index contributed by atoms with van der Waals surface area (Å²) in [6.07, 6.45) is -4.66. The van der Waals surface area contributed by atoms with Crippen LogP contribution in [0.2, 0.25) is 5.02 Å². The minimum atomic E-state index is -1.73. The van der Waals surface area contributed by atoms with Crippen molar-refractivity contribution in [2.75, 3.05) is 13.2 Å². The van der Waals surface area contributed by atoms with Gasteiger partial charge < -0.3 is 34.3 Å².